The fraction of sp³-hybridized carbons (Fsp3) is 0.267. The molecule has 1 fully saturated rings. The molecule has 5 heteroatoms. The lowest BCUT2D eigenvalue weighted by molar-refractivity contribution is -0.122. The first-order chi connectivity index (χ1) is 9.69. The fourth-order valence-corrected chi connectivity index (χ4v) is 3.03. The standard InChI is InChI=1S/C15H12N2O2S/c16-8-11(15(19)17-10-5-6-10)14(18)13-7-9-3-1-2-4-12(9)20-13/h1-4,7,10-11H,5-6H2,(H,17,19)/t11-/m1/s1. The number of Topliss-reactive ketones (excluding diaryl/α,β-unsaturated/α-hetero) is 1. The number of nitrogens with one attached hydrogen (secondary N) is 1. The van der Waals surface area contributed by atoms with E-state index >= 15 is 0 Å². The molecule has 100 valence electrons. The Morgan fingerprint density at radius 2 is 2.10 bits per heavy atom. The Hall–Kier alpha value is -2.19. The number of fused-ring (bicyclic) bond motifs is 1. The predicted octanol–water partition coefficient (Wildman–Crippen LogP) is 2.50. The summed E-state index contributed by atoms with van der Waals surface area (Å²) in [6.45, 7) is 0. The van der Waals surface area contributed by atoms with E-state index in [4.69, 9.17) is 5.26 Å². The Morgan fingerprint density at radius 1 is 1.35 bits per heavy atom. The third-order valence-electron chi connectivity index (χ3n) is 3.25. The van der Waals surface area contributed by atoms with Crippen molar-refractivity contribution < 1.29 is 9.59 Å². The summed E-state index contributed by atoms with van der Waals surface area (Å²) in [6, 6.07) is 11.3. The summed E-state index contributed by atoms with van der Waals surface area (Å²) in [4.78, 5) is 24.7. The van der Waals surface area contributed by atoms with Crippen molar-refractivity contribution in [1.82, 2.24) is 5.32 Å². The number of rotatable bonds is 4. The summed E-state index contributed by atoms with van der Waals surface area (Å²) < 4.78 is 0.982. The van der Waals surface area contributed by atoms with Crippen LogP contribution in [0, 0.1) is 17.2 Å². The van der Waals surface area contributed by atoms with Crippen LogP contribution in [0.25, 0.3) is 10.1 Å². The van der Waals surface area contributed by atoms with Gasteiger partial charge in [0.2, 0.25) is 5.91 Å². The molecule has 0 radical (unpaired) electrons. The first-order valence-corrected chi connectivity index (χ1v) is 7.23. The Balaban J connectivity index is 1.85. The van der Waals surface area contributed by atoms with Gasteiger partial charge >= 0.3 is 0 Å². The monoisotopic (exact) mass is 284 g/mol. The van der Waals surface area contributed by atoms with Gasteiger partial charge in [0.1, 0.15) is 0 Å². The van der Waals surface area contributed by atoms with Crippen molar-refractivity contribution in [3.05, 3.63) is 35.2 Å². The summed E-state index contributed by atoms with van der Waals surface area (Å²) in [7, 11) is 0. The van der Waals surface area contributed by atoms with E-state index in [1.807, 2.05) is 30.3 Å². The van der Waals surface area contributed by atoms with E-state index in [-0.39, 0.29) is 6.04 Å². The summed E-state index contributed by atoms with van der Waals surface area (Å²) in [6.07, 6.45) is 1.86. The van der Waals surface area contributed by atoms with Crippen LogP contribution in [0.1, 0.15) is 22.5 Å². The SMILES string of the molecule is N#C[C@@H](C(=O)NC1CC1)C(=O)c1cc2ccccc2s1. The summed E-state index contributed by atoms with van der Waals surface area (Å²) in [5.41, 5.74) is 0. The van der Waals surface area contributed by atoms with Gasteiger partial charge in [0.25, 0.3) is 0 Å². The minimum absolute atomic E-state index is 0.147. The van der Waals surface area contributed by atoms with Gasteiger partial charge in [-0.05, 0) is 30.4 Å². The molecule has 0 spiro atoms. The van der Waals surface area contributed by atoms with Gasteiger partial charge < -0.3 is 5.32 Å². The first kappa shape index (κ1) is 12.8. The minimum atomic E-state index is -1.25. The van der Waals surface area contributed by atoms with Crippen molar-refractivity contribution in [3.8, 4) is 6.07 Å². The molecule has 0 aliphatic heterocycles. The fourth-order valence-electron chi connectivity index (χ4n) is 1.99. The lowest BCUT2D eigenvalue weighted by Crippen LogP contribution is -2.35. The van der Waals surface area contributed by atoms with Crippen LogP contribution in [-0.2, 0) is 4.79 Å². The molecule has 1 heterocycles. The van der Waals surface area contributed by atoms with Crippen LogP contribution in [0.4, 0.5) is 0 Å². The number of carbonyl (C=O) groups excluding carboxylic acids is 2. The highest BCUT2D eigenvalue weighted by atomic mass is 32.1. The van der Waals surface area contributed by atoms with Crippen LogP contribution in [0.3, 0.4) is 0 Å². The molecule has 1 N–H and O–H groups in total. The van der Waals surface area contributed by atoms with Crippen molar-refractivity contribution in [2.75, 3.05) is 0 Å². The highest BCUT2D eigenvalue weighted by Crippen LogP contribution is 2.27. The maximum absolute atomic E-state index is 12.3. The molecule has 1 amide bonds. The Bertz CT molecular complexity index is 692. The van der Waals surface area contributed by atoms with E-state index in [0.717, 1.165) is 22.9 Å². The van der Waals surface area contributed by atoms with Crippen molar-refractivity contribution in [1.29, 1.82) is 5.26 Å². The van der Waals surface area contributed by atoms with Crippen molar-refractivity contribution in [2.45, 2.75) is 18.9 Å². The van der Waals surface area contributed by atoms with Gasteiger partial charge in [-0.3, -0.25) is 9.59 Å². The normalized spacial score (nSPS) is 15.6. The van der Waals surface area contributed by atoms with Crippen LogP contribution >= 0.6 is 11.3 Å². The predicted molar refractivity (Wildman–Crippen MR) is 76.4 cm³/mol. The highest BCUT2D eigenvalue weighted by molar-refractivity contribution is 7.20. The molecular weight excluding hydrogens is 272 g/mol. The summed E-state index contributed by atoms with van der Waals surface area (Å²) in [5, 5.41) is 12.8. The van der Waals surface area contributed by atoms with E-state index < -0.39 is 17.6 Å². The molecular formula is C15H12N2O2S. The van der Waals surface area contributed by atoms with Crippen LogP contribution in [-0.4, -0.2) is 17.7 Å². The number of thiophene rings is 1. The molecule has 1 aliphatic carbocycles. The average molecular weight is 284 g/mol. The molecule has 0 saturated heterocycles. The molecule has 0 unspecified atom stereocenters. The van der Waals surface area contributed by atoms with Gasteiger partial charge in [0.05, 0.1) is 10.9 Å². The maximum Gasteiger partial charge on any atom is 0.245 e. The van der Waals surface area contributed by atoms with Gasteiger partial charge in [-0.1, -0.05) is 18.2 Å². The zero-order valence-corrected chi connectivity index (χ0v) is 11.4. The van der Waals surface area contributed by atoms with E-state index in [9.17, 15) is 9.59 Å². The minimum Gasteiger partial charge on any atom is -0.352 e. The second-order valence-electron chi connectivity index (χ2n) is 4.86. The largest absolute Gasteiger partial charge is 0.352 e. The van der Waals surface area contributed by atoms with Crippen LogP contribution in [0.5, 0.6) is 0 Å². The lowest BCUT2D eigenvalue weighted by Gasteiger charge is -2.07. The van der Waals surface area contributed by atoms with Gasteiger partial charge in [-0.15, -0.1) is 11.3 Å². The number of ketones is 1. The number of hydrogen-bond acceptors (Lipinski definition) is 4. The van der Waals surface area contributed by atoms with Crippen LogP contribution in [0.15, 0.2) is 30.3 Å². The molecule has 0 bridgehead atoms. The molecule has 1 saturated carbocycles. The summed E-state index contributed by atoms with van der Waals surface area (Å²) in [5.74, 6) is -2.13. The number of nitriles is 1. The highest BCUT2D eigenvalue weighted by Gasteiger charge is 2.32. The van der Waals surface area contributed by atoms with E-state index in [2.05, 4.69) is 5.32 Å². The quantitative estimate of drug-likeness (QED) is 0.692. The summed E-state index contributed by atoms with van der Waals surface area (Å²) >= 11 is 1.32. The zero-order chi connectivity index (χ0) is 14.1. The van der Waals surface area contributed by atoms with Crippen molar-refractivity contribution >= 4 is 33.1 Å². The first-order valence-electron chi connectivity index (χ1n) is 6.42. The molecule has 1 aliphatic rings. The number of nitrogens with zero attached hydrogens (tertiary/aromatic N) is 1. The number of hydrogen-bond donors (Lipinski definition) is 1. The van der Waals surface area contributed by atoms with Crippen molar-refractivity contribution in [3.63, 3.8) is 0 Å². The molecule has 1 aromatic heterocycles. The molecule has 4 nitrogen and oxygen atoms in total. The van der Waals surface area contributed by atoms with Crippen LogP contribution < -0.4 is 5.32 Å². The average Bonchev–Trinajstić information content (AvgIpc) is 3.14. The third-order valence-corrected chi connectivity index (χ3v) is 4.38. The third kappa shape index (κ3) is 2.43. The van der Waals surface area contributed by atoms with Crippen LogP contribution in [0.2, 0.25) is 0 Å². The maximum atomic E-state index is 12.3. The van der Waals surface area contributed by atoms with Gasteiger partial charge in [0.15, 0.2) is 11.7 Å². The molecule has 2 aromatic rings. The second kappa shape index (κ2) is 5.06. The number of amides is 1. The molecule has 20 heavy (non-hydrogen) atoms. The number of benzene rings is 1. The Morgan fingerprint density at radius 3 is 2.75 bits per heavy atom. The van der Waals surface area contributed by atoms with Gasteiger partial charge in [-0.2, -0.15) is 5.26 Å². The smallest absolute Gasteiger partial charge is 0.245 e. The van der Waals surface area contributed by atoms with Crippen molar-refractivity contribution in [2.24, 2.45) is 5.92 Å². The Kier molecular flexibility index (Phi) is 3.25. The van der Waals surface area contributed by atoms with E-state index in [0.29, 0.717) is 4.88 Å². The second-order valence-corrected chi connectivity index (χ2v) is 5.94. The molecule has 1 atom stereocenters. The van der Waals surface area contributed by atoms with E-state index in [1.165, 1.54) is 11.3 Å². The van der Waals surface area contributed by atoms with Gasteiger partial charge in [-0.25, -0.2) is 0 Å². The zero-order valence-electron chi connectivity index (χ0n) is 10.6. The van der Waals surface area contributed by atoms with E-state index in [1.54, 1.807) is 6.07 Å². The van der Waals surface area contributed by atoms with Gasteiger partial charge in [0, 0.05) is 10.7 Å². The Labute approximate surface area is 120 Å². The number of carbonyl (C=O) groups is 2. The topological polar surface area (TPSA) is 70.0 Å². The lowest BCUT2D eigenvalue weighted by atomic mass is 10.0. The molecule has 1 aromatic carbocycles. The molecule has 3 rings (SSSR count).